The molecule has 2 saturated heterocycles. The van der Waals surface area contributed by atoms with E-state index in [1.807, 2.05) is 12.1 Å². The van der Waals surface area contributed by atoms with Gasteiger partial charge in [0.15, 0.2) is 0 Å². The minimum atomic E-state index is 0.241. The lowest BCUT2D eigenvalue weighted by atomic mass is 9.92. The zero-order chi connectivity index (χ0) is 16.2. The minimum Gasteiger partial charge on any atom is -0.342 e. The number of halogens is 1. The van der Waals surface area contributed by atoms with Crippen molar-refractivity contribution in [3.8, 4) is 0 Å². The van der Waals surface area contributed by atoms with Crippen LogP contribution in [0, 0.1) is 11.8 Å². The van der Waals surface area contributed by atoms with Gasteiger partial charge in [-0.2, -0.15) is 0 Å². The maximum Gasteiger partial charge on any atom is 0.225 e. The van der Waals surface area contributed by atoms with E-state index in [0.717, 1.165) is 56.5 Å². The Morgan fingerprint density at radius 3 is 2.26 bits per heavy atom. The van der Waals surface area contributed by atoms with Crippen LogP contribution in [0.5, 0.6) is 0 Å². The third-order valence-electron chi connectivity index (χ3n) is 5.35. The van der Waals surface area contributed by atoms with Crippen molar-refractivity contribution in [3.05, 3.63) is 34.9 Å². The predicted molar refractivity (Wildman–Crippen MR) is 94.4 cm³/mol. The molecule has 3 nitrogen and oxygen atoms in total. The Kier molecular flexibility index (Phi) is 5.60. The molecule has 0 bridgehead atoms. The van der Waals surface area contributed by atoms with E-state index in [2.05, 4.69) is 28.9 Å². The van der Waals surface area contributed by atoms with E-state index in [1.165, 1.54) is 18.4 Å². The van der Waals surface area contributed by atoms with Gasteiger partial charge in [-0.25, -0.2) is 0 Å². The molecule has 1 aromatic rings. The van der Waals surface area contributed by atoms with Crippen LogP contribution in [0.25, 0.3) is 0 Å². The Morgan fingerprint density at radius 1 is 1.04 bits per heavy atom. The molecule has 0 atom stereocenters. The van der Waals surface area contributed by atoms with Gasteiger partial charge in [-0.05, 0) is 62.4 Å². The second-order valence-corrected chi connectivity index (χ2v) is 7.62. The highest BCUT2D eigenvalue weighted by Gasteiger charge is 2.30. The molecule has 0 saturated carbocycles. The first-order valence-electron chi connectivity index (χ1n) is 8.87. The van der Waals surface area contributed by atoms with Crippen molar-refractivity contribution in [1.82, 2.24) is 9.80 Å². The first-order chi connectivity index (χ1) is 11.1. The molecule has 0 N–H and O–H groups in total. The predicted octanol–water partition coefficient (Wildman–Crippen LogP) is 3.81. The summed E-state index contributed by atoms with van der Waals surface area (Å²) in [5.74, 6) is 1.42. The van der Waals surface area contributed by atoms with Crippen LogP contribution in [0.4, 0.5) is 0 Å². The van der Waals surface area contributed by atoms with Crippen molar-refractivity contribution < 1.29 is 4.79 Å². The number of benzene rings is 1. The van der Waals surface area contributed by atoms with Gasteiger partial charge in [-0.15, -0.1) is 0 Å². The Morgan fingerprint density at radius 2 is 1.65 bits per heavy atom. The van der Waals surface area contributed by atoms with Crippen LogP contribution < -0.4 is 0 Å². The van der Waals surface area contributed by atoms with Crippen LogP contribution in [0.2, 0.25) is 5.02 Å². The van der Waals surface area contributed by atoms with Crippen LogP contribution in [-0.2, 0) is 11.3 Å². The summed E-state index contributed by atoms with van der Waals surface area (Å²) in [6.45, 7) is 7.21. The van der Waals surface area contributed by atoms with E-state index in [1.54, 1.807) is 0 Å². The maximum atomic E-state index is 12.7. The lowest BCUT2D eigenvalue weighted by Crippen LogP contribution is -2.45. The molecule has 4 heteroatoms. The van der Waals surface area contributed by atoms with Crippen molar-refractivity contribution in [3.63, 3.8) is 0 Å². The fraction of sp³-hybridized carbons (Fsp3) is 0.632. The highest BCUT2D eigenvalue weighted by molar-refractivity contribution is 6.30. The van der Waals surface area contributed by atoms with Gasteiger partial charge in [-0.3, -0.25) is 9.69 Å². The number of likely N-dealkylation sites (tertiary alicyclic amines) is 2. The number of amides is 1. The number of piperidine rings is 2. The monoisotopic (exact) mass is 334 g/mol. The van der Waals surface area contributed by atoms with E-state index < -0.39 is 0 Å². The highest BCUT2D eigenvalue weighted by Crippen LogP contribution is 2.24. The third kappa shape index (κ3) is 4.48. The number of carbonyl (C=O) groups is 1. The summed E-state index contributed by atoms with van der Waals surface area (Å²) in [4.78, 5) is 17.2. The van der Waals surface area contributed by atoms with E-state index in [9.17, 15) is 4.79 Å². The van der Waals surface area contributed by atoms with Crippen LogP contribution in [-0.4, -0.2) is 41.9 Å². The zero-order valence-corrected chi connectivity index (χ0v) is 14.8. The van der Waals surface area contributed by atoms with Crippen molar-refractivity contribution in [2.24, 2.45) is 11.8 Å². The molecule has 1 aromatic carbocycles. The fourth-order valence-corrected chi connectivity index (χ4v) is 3.80. The van der Waals surface area contributed by atoms with Crippen LogP contribution >= 0.6 is 11.6 Å². The summed E-state index contributed by atoms with van der Waals surface area (Å²) in [6.07, 6.45) is 4.33. The van der Waals surface area contributed by atoms with Crippen molar-refractivity contribution in [1.29, 1.82) is 0 Å². The van der Waals surface area contributed by atoms with Crippen molar-refractivity contribution in [2.75, 3.05) is 26.2 Å². The number of hydrogen-bond acceptors (Lipinski definition) is 2. The molecule has 2 heterocycles. The number of hydrogen-bond donors (Lipinski definition) is 0. The van der Waals surface area contributed by atoms with Crippen molar-refractivity contribution >= 4 is 17.5 Å². The van der Waals surface area contributed by atoms with Crippen LogP contribution in [0.1, 0.15) is 38.2 Å². The molecule has 1 amide bonds. The highest BCUT2D eigenvalue weighted by atomic mass is 35.5. The molecular weight excluding hydrogens is 308 g/mol. The molecule has 0 aromatic heterocycles. The molecule has 2 fully saturated rings. The molecule has 0 unspecified atom stereocenters. The fourth-order valence-electron chi connectivity index (χ4n) is 3.67. The van der Waals surface area contributed by atoms with Gasteiger partial charge in [0.1, 0.15) is 0 Å². The summed E-state index contributed by atoms with van der Waals surface area (Å²) >= 11 is 5.94. The summed E-state index contributed by atoms with van der Waals surface area (Å²) in [7, 11) is 0. The van der Waals surface area contributed by atoms with Crippen LogP contribution in [0.15, 0.2) is 24.3 Å². The molecule has 23 heavy (non-hydrogen) atoms. The SMILES string of the molecule is CC1CCN(C(=O)C2CCN(Cc3ccc(Cl)cc3)CC2)CC1. The topological polar surface area (TPSA) is 23.6 Å². The molecule has 0 aliphatic carbocycles. The molecule has 3 rings (SSSR count). The molecule has 126 valence electrons. The average molecular weight is 335 g/mol. The van der Waals surface area contributed by atoms with Gasteiger partial charge in [0.2, 0.25) is 5.91 Å². The van der Waals surface area contributed by atoms with Gasteiger partial charge >= 0.3 is 0 Å². The van der Waals surface area contributed by atoms with E-state index in [4.69, 9.17) is 11.6 Å². The Hall–Kier alpha value is -1.06. The number of carbonyl (C=O) groups excluding carboxylic acids is 1. The normalized spacial score (nSPS) is 21.6. The summed E-state index contributed by atoms with van der Waals surface area (Å²) < 4.78 is 0. The Bertz CT molecular complexity index is 515. The van der Waals surface area contributed by atoms with Gasteiger partial charge in [-0.1, -0.05) is 30.7 Å². The maximum absolute atomic E-state index is 12.7. The lowest BCUT2D eigenvalue weighted by Gasteiger charge is -2.36. The molecule has 0 radical (unpaired) electrons. The van der Waals surface area contributed by atoms with Gasteiger partial charge in [0.25, 0.3) is 0 Å². The summed E-state index contributed by atoms with van der Waals surface area (Å²) in [6, 6.07) is 8.08. The first kappa shape index (κ1) is 16.8. The van der Waals surface area contributed by atoms with E-state index in [-0.39, 0.29) is 5.92 Å². The van der Waals surface area contributed by atoms with Crippen LogP contribution in [0.3, 0.4) is 0 Å². The average Bonchev–Trinajstić information content (AvgIpc) is 2.58. The second-order valence-electron chi connectivity index (χ2n) is 7.18. The van der Waals surface area contributed by atoms with E-state index in [0.29, 0.717) is 5.91 Å². The molecule has 2 aliphatic rings. The third-order valence-corrected chi connectivity index (χ3v) is 5.60. The zero-order valence-electron chi connectivity index (χ0n) is 14.0. The Labute approximate surface area is 144 Å². The number of rotatable bonds is 3. The Balaban J connectivity index is 1.46. The van der Waals surface area contributed by atoms with Gasteiger partial charge in [0.05, 0.1) is 0 Å². The standard InChI is InChI=1S/C19H27ClN2O/c1-15-6-12-22(13-7-15)19(23)17-8-10-21(11-9-17)14-16-2-4-18(20)5-3-16/h2-5,15,17H,6-14H2,1H3. The summed E-state index contributed by atoms with van der Waals surface area (Å²) in [5, 5.41) is 0.786. The van der Waals surface area contributed by atoms with Crippen molar-refractivity contribution in [2.45, 2.75) is 39.2 Å². The minimum absolute atomic E-state index is 0.241. The molecule has 2 aliphatic heterocycles. The quantitative estimate of drug-likeness (QED) is 0.839. The molecular formula is C19H27ClN2O. The largest absolute Gasteiger partial charge is 0.342 e. The second kappa shape index (κ2) is 7.67. The first-order valence-corrected chi connectivity index (χ1v) is 9.25. The van der Waals surface area contributed by atoms with Gasteiger partial charge in [0, 0.05) is 30.6 Å². The molecule has 0 spiro atoms. The van der Waals surface area contributed by atoms with E-state index >= 15 is 0 Å². The van der Waals surface area contributed by atoms with Gasteiger partial charge < -0.3 is 4.90 Å². The summed E-state index contributed by atoms with van der Waals surface area (Å²) in [5.41, 5.74) is 1.30. The lowest BCUT2D eigenvalue weighted by molar-refractivity contribution is -0.138. The smallest absolute Gasteiger partial charge is 0.225 e. The number of nitrogens with zero attached hydrogens (tertiary/aromatic N) is 2.